The van der Waals surface area contributed by atoms with Crippen LogP contribution in [-0.4, -0.2) is 29.9 Å². The summed E-state index contributed by atoms with van der Waals surface area (Å²) in [5.74, 6) is 0.309. The molecule has 2 N–H and O–H groups in total. The van der Waals surface area contributed by atoms with Crippen molar-refractivity contribution in [1.82, 2.24) is 4.90 Å². The Labute approximate surface area is 112 Å². The Balaban J connectivity index is 2.86. The van der Waals surface area contributed by atoms with Crippen LogP contribution in [0.3, 0.4) is 0 Å². The summed E-state index contributed by atoms with van der Waals surface area (Å²) in [6.45, 7) is 7.71. The molecule has 1 fully saturated rings. The first-order valence-corrected chi connectivity index (χ1v) is 7.58. The fourth-order valence-corrected chi connectivity index (χ4v) is 3.05. The van der Waals surface area contributed by atoms with Crippen LogP contribution >= 0.6 is 0 Å². The Morgan fingerprint density at radius 2 is 1.78 bits per heavy atom. The highest BCUT2D eigenvalue weighted by atomic mass is 16.2. The van der Waals surface area contributed by atoms with Crippen LogP contribution in [-0.2, 0) is 4.79 Å². The Kier molecular flexibility index (Phi) is 6.13. The van der Waals surface area contributed by atoms with Gasteiger partial charge in [0.15, 0.2) is 0 Å². The Morgan fingerprint density at radius 1 is 1.22 bits per heavy atom. The number of nitrogens with two attached hydrogens (primary N) is 1. The van der Waals surface area contributed by atoms with E-state index in [4.69, 9.17) is 5.73 Å². The zero-order chi connectivity index (χ0) is 13.6. The summed E-state index contributed by atoms with van der Waals surface area (Å²) in [4.78, 5) is 14.9. The van der Waals surface area contributed by atoms with E-state index in [1.807, 2.05) is 4.90 Å². The van der Waals surface area contributed by atoms with E-state index in [1.165, 1.54) is 12.8 Å². The van der Waals surface area contributed by atoms with Crippen molar-refractivity contribution in [2.24, 2.45) is 11.1 Å². The van der Waals surface area contributed by atoms with Crippen LogP contribution in [0.25, 0.3) is 0 Å². The third-order valence-corrected chi connectivity index (χ3v) is 4.25. The molecule has 0 spiro atoms. The molecule has 1 saturated carbocycles. The molecule has 0 aliphatic heterocycles. The maximum Gasteiger partial charge on any atom is 0.230 e. The molecule has 18 heavy (non-hydrogen) atoms. The molecular formula is C15H30N2O. The first kappa shape index (κ1) is 15.5. The molecule has 3 heteroatoms. The van der Waals surface area contributed by atoms with Crippen LogP contribution in [0.4, 0.5) is 0 Å². The average Bonchev–Trinajstić information content (AvgIpc) is 2.61. The van der Waals surface area contributed by atoms with Gasteiger partial charge in [0.1, 0.15) is 0 Å². The fourth-order valence-electron chi connectivity index (χ4n) is 3.05. The Bertz CT molecular complexity index is 255. The van der Waals surface area contributed by atoms with Crippen LogP contribution in [0.2, 0.25) is 0 Å². The lowest BCUT2D eigenvalue weighted by atomic mass is 9.78. The summed E-state index contributed by atoms with van der Waals surface area (Å²) in [6, 6.07) is 0.282. The standard InChI is InChI=1S/C15H30N2O/c1-4-11-17(13(2)3)14(18)15(12-16)9-7-5-6-8-10-15/h13H,4-12,16H2,1-3H3. The first-order chi connectivity index (χ1) is 8.57. The van der Waals surface area contributed by atoms with E-state index < -0.39 is 0 Å². The van der Waals surface area contributed by atoms with Gasteiger partial charge in [-0.2, -0.15) is 0 Å². The van der Waals surface area contributed by atoms with Gasteiger partial charge >= 0.3 is 0 Å². The number of carbonyl (C=O) groups excluding carboxylic acids is 1. The van der Waals surface area contributed by atoms with Gasteiger partial charge in [-0.05, 0) is 33.1 Å². The highest BCUT2D eigenvalue weighted by molar-refractivity contribution is 5.83. The van der Waals surface area contributed by atoms with Crippen molar-refractivity contribution in [3.8, 4) is 0 Å². The van der Waals surface area contributed by atoms with E-state index >= 15 is 0 Å². The molecule has 0 radical (unpaired) electrons. The number of nitrogens with zero attached hydrogens (tertiary/aromatic N) is 1. The maximum atomic E-state index is 12.9. The monoisotopic (exact) mass is 254 g/mol. The molecule has 1 aliphatic rings. The topological polar surface area (TPSA) is 46.3 Å². The Hall–Kier alpha value is -0.570. The predicted molar refractivity (Wildman–Crippen MR) is 76.3 cm³/mol. The number of hydrogen-bond acceptors (Lipinski definition) is 2. The molecule has 0 aromatic heterocycles. The van der Waals surface area contributed by atoms with Crippen LogP contribution in [0.15, 0.2) is 0 Å². The number of amides is 1. The molecule has 0 aromatic carbocycles. The van der Waals surface area contributed by atoms with Gasteiger partial charge in [0.25, 0.3) is 0 Å². The molecule has 0 aromatic rings. The zero-order valence-electron chi connectivity index (χ0n) is 12.4. The van der Waals surface area contributed by atoms with Crippen molar-refractivity contribution in [2.45, 2.75) is 71.8 Å². The average molecular weight is 254 g/mol. The fraction of sp³-hybridized carbons (Fsp3) is 0.933. The van der Waals surface area contributed by atoms with Crippen molar-refractivity contribution in [3.63, 3.8) is 0 Å². The van der Waals surface area contributed by atoms with Crippen molar-refractivity contribution in [2.75, 3.05) is 13.1 Å². The molecule has 3 nitrogen and oxygen atoms in total. The lowest BCUT2D eigenvalue weighted by molar-refractivity contribution is -0.144. The van der Waals surface area contributed by atoms with Gasteiger partial charge in [-0.1, -0.05) is 32.6 Å². The van der Waals surface area contributed by atoms with E-state index in [0.29, 0.717) is 12.5 Å². The van der Waals surface area contributed by atoms with Crippen LogP contribution < -0.4 is 5.73 Å². The third-order valence-electron chi connectivity index (χ3n) is 4.25. The van der Waals surface area contributed by atoms with Gasteiger partial charge in [0.05, 0.1) is 5.41 Å². The van der Waals surface area contributed by atoms with Crippen LogP contribution in [0.5, 0.6) is 0 Å². The number of rotatable bonds is 5. The molecule has 0 atom stereocenters. The third kappa shape index (κ3) is 3.47. The van der Waals surface area contributed by atoms with Crippen molar-refractivity contribution in [1.29, 1.82) is 0 Å². The highest BCUT2D eigenvalue weighted by Crippen LogP contribution is 2.36. The SMILES string of the molecule is CCCN(C(=O)C1(CN)CCCCCC1)C(C)C. The molecular weight excluding hydrogens is 224 g/mol. The van der Waals surface area contributed by atoms with Crippen molar-refractivity contribution >= 4 is 5.91 Å². The first-order valence-electron chi connectivity index (χ1n) is 7.58. The second kappa shape index (κ2) is 7.13. The molecule has 1 amide bonds. The highest BCUT2D eigenvalue weighted by Gasteiger charge is 2.40. The van der Waals surface area contributed by atoms with Crippen molar-refractivity contribution < 1.29 is 4.79 Å². The normalized spacial score (nSPS) is 19.6. The van der Waals surface area contributed by atoms with E-state index in [9.17, 15) is 4.79 Å². The molecule has 0 heterocycles. The maximum absolute atomic E-state index is 12.9. The molecule has 0 saturated heterocycles. The van der Waals surface area contributed by atoms with Gasteiger partial charge in [-0.25, -0.2) is 0 Å². The van der Waals surface area contributed by atoms with E-state index in [-0.39, 0.29) is 11.5 Å². The van der Waals surface area contributed by atoms with Crippen LogP contribution in [0.1, 0.15) is 65.7 Å². The molecule has 0 bridgehead atoms. The van der Waals surface area contributed by atoms with Gasteiger partial charge in [-0.15, -0.1) is 0 Å². The van der Waals surface area contributed by atoms with Crippen LogP contribution in [0, 0.1) is 5.41 Å². The van der Waals surface area contributed by atoms with E-state index in [1.54, 1.807) is 0 Å². The number of carbonyl (C=O) groups is 1. The lowest BCUT2D eigenvalue weighted by Crippen LogP contribution is -2.50. The van der Waals surface area contributed by atoms with Crippen molar-refractivity contribution in [3.05, 3.63) is 0 Å². The number of hydrogen-bond donors (Lipinski definition) is 1. The molecule has 0 unspecified atom stereocenters. The molecule has 1 rings (SSSR count). The largest absolute Gasteiger partial charge is 0.340 e. The zero-order valence-corrected chi connectivity index (χ0v) is 12.4. The second-order valence-corrected chi connectivity index (χ2v) is 5.99. The minimum Gasteiger partial charge on any atom is -0.340 e. The van der Waals surface area contributed by atoms with Gasteiger partial charge in [0, 0.05) is 19.1 Å². The minimum absolute atomic E-state index is 0.268. The summed E-state index contributed by atoms with van der Waals surface area (Å²) in [5.41, 5.74) is 5.73. The van der Waals surface area contributed by atoms with Gasteiger partial charge < -0.3 is 10.6 Å². The molecule has 106 valence electrons. The van der Waals surface area contributed by atoms with Gasteiger partial charge in [-0.3, -0.25) is 4.79 Å². The van der Waals surface area contributed by atoms with E-state index in [0.717, 1.165) is 38.6 Å². The summed E-state index contributed by atoms with van der Waals surface area (Å²) in [5, 5.41) is 0. The summed E-state index contributed by atoms with van der Waals surface area (Å²) >= 11 is 0. The smallest absolute Gasteiger partial charge is 0.230 e. The minimum atomic E-state index is -0.268. The van der Waals surface area contributed by atoms with Gasteiger partial charge in [0.2, 0.25) is 5.91 Å². The molecule has 1 aliphatic carbocycles. The summed E-state index contributed by atoms with van der Waals surface area (Å²) < 4.78 is 0. The lowest BCUT2D eigenvalue weighted by Gasteiger charge is -2.38. The Morgan fingerprint density at radius 3 is 2.17 bits per heavy atom. The predicted octanol–water partition coefficient (Wildman–Crippen LogP) is 2.93. The summed E-state index contributed by atoms with van der Waals surface area (Å²) in [6.07, 6.45) is 7.80. The van der Waals surface area contributed by atoms with E-state index in [2.05, 4.69) is 20.8 Å². The second-order valence-electron chi connectivity index (χ2n) is 5.99. The summed E-state index contributed by atoms with van der Waals surface area (Å²) in [7, 11) is 0. The quantitative estimate of drug-likeness (QED) is 0.767.